The van der Waals surface area contributed by atoms with Gasteiger partial charge in [0.25, 0.3) is 0 Å². The summed E-state index contributed by atoms with van der Waals surface area (Å²) in [7, 11) is 0. The Bertz CT molecular complexity index is 828. The van der Waals surface area contributed by atoms with E-state index in [4.69, 9.17) is 9.47 Å². The lowest BCUT2D eigenvalue weighted by atomic mass is 10.2. The average molecular weight is 402 g/mol. The van der Waals surface area contributed by atoms with Crippen LogP contribution in [0.3, 0.4) is 0 Å². The van der Waals surface area contributed by atoms with Gasteiger partial charge in [-0.15, -0.1) is 0 Å². The summed E-state index contributed by atoms with van der Waals surface area (Å²) in [5, 5.41) is 13.1. The van der Waals surface area contributed by atoms with Crippen LogP contribution in [0.4, 0.5) is 10.1 Å². The number of aliphatic hydroxyl groups is 1. The minimum atomic E-state index is -0.675. The maximum Gasteiger partial charge on any atom is 0.221 e. The molecule has 1 aliphatic rings. The van der Waals surface area contributed by atoms with Gasteiger partial charge in [0.1, 0.15) is 36.1 Å². The van der Waals surface area contributed by atoms with Gasteiger partial charge in [-0.2, -0.15) is 0 Å². The van der Waals surface area contributed by atoms with Crippen LogP contribution in [-0.4, -0.2) is 54.4 Å². The van der Waals surface area contributed by atoms with Gasteiger partial charge in [0, 0.05) is 26.6 Å². The maximum absolute atomic E-state index is 13.0. The maximum atomic E-state index is 13.0. The molecule has 1 saturated heterocycles. The van der Waals surface area contributed by atoms with E-state index in [-0.39, 0.29) is 24.4 Å². The summed E-state index contributed by atoms with van der Waals surface area (Å²) in [6.07, 6.45) is 0.179. The highest BCUT2D eigenvalue weighted by atomic mass is 19.1. The highest BCUT2D eigenvalue weighted by molar-refractivity contribution is 5.90. The molecule has 1 aliphatic heterocycles. The molecule has 2 aromatic rings. The number of amides is 1. The van der Waals surface area contributed by atoms with Gasteiger partial charge in [0.05, 0.1) is 5.69 Å². The quantitative estimate of drug-likeness (QED) is 0.710. The summed E-state index contributed by atoms with van der Waals surface area (Å²) in [5.41, 5.74) is 1.60. The van der Waals surface area contributed by atoms with E-state index in [1.165, 1.54) is 19.1 Å². The van der Waals surface area contributed by atoms with Crippen LogP contribution in [0.2, 0.25) is 0 Å². The highest BCUT2D eigenvalue weighted by Crippen LogP contribution is 2.26. The monoisotopic (exact) mass is 402 g/mol. The van der Waals surface area contributed by atoms with Crippen molar-refractivity contribution in [2.24, 2.45) is 0 Å². The van der Waals surface area contributed by atoms with Crippen LogP contribution in [0.25, 0.3) is 0 Å². The number of nitrogens with zero attached hydrogens (tertiary/aromatic N) is 1. The summed E-state index contributed by atoms with van der Waals surface area (Å²) < 4.78 is 24.6. The van der Waals surface area contributed by atoms with E-state index in [1.54, 1.807) is 18.2 Å². The lowest BCUT2D eigenvalue weighted by Gasteiger charge is -2.21. The lowest BCUT2D eigenvalue weighted by molar-refractivity contribution is -0.114. The number of benzene rings is 2. The molecule has 156 valence electrons. The summed E-state index contributed by atoms with van der Waals surface area (Å²) in [4.78, 5) is 13.5. The van der Waals surface area contributed by atoms with Gasteiger partial charge in [0.15, 0.2) is 0 Å². The van der Waals surface area contributed by atoms with Crippen LogP contribution < -0.4 is 14.8 Å². The second kappa shape index (κ2) is 9.71. The molecule has 1 fully saturated rings. The Hall–Kier alpha value is -2.64. The number of β-amino-alcohol motifs (C(OH)–C–C–N with tert-alkyl or cyclic N) is 1. The number of rotatable bonds is 8. The zero-order valence-electron chi connectivity index (χ0n) is 16.7. The van der Waals surface area contributed by atoms with Gasteiger partial charge in [-0.05, 0) is 55.3 Å². The number of carbonyl (C=O) groups is 1. The normalized spacial score (nSPS) is 17.7. The Morgan fingerprint density at radius 2 is 2.07 bits per heavy atom. The fourth-order valence-corrected chi connectivity index (χ4v) is 3.36. The summed E-state index contributed by atoms with van der Waals surface area (Å²) in [6, 6.07) is 11.5. The van der Waals surface area contributed by atoms with E-state index in [2.05, 4.69) is 10.2 Å². The molecule has 0 aromatic heterocycles. The Kier molecular flexibility index (Phi) is 7.06. The van der Waals surface area contributed by atoms with Crippen molar-refractivity contribution in [1.82, 2.24) is 4.90 Å². The van der Waals surface area contributed by atoms with Crippen LogP contribution in [0.1, 0.15) is 18.9 Å². The SMILES string of the molecule is CC(=O)Nc1cc(C)ccc1OCC(O)CN1CCC(Oc2ccc(F)cc2)C1. The molecular weight excluding hydrogens is 375 g/mol. The Balaban J connectivity index is 1.46. The molecule has 0 aliphatic carbocycles. The number of halogens is 1. The van der Waals surface area contributed by atoms with Crippen LogP contribution >= 0.6 is 0 Å². The number of aryl methyl sites for hydroxylation is 1. The van der Waals surface area contributed by atoms with E-state index in [1.807, 2.05) is 19.1 Å². The zero-order chi connectivity index (χ0) is 20.8. The minimum absolute atomic E-state index is 0.0112. The van der Waals surface area contributed by atoms with Crippen LogP contribution in [0.15, 0.2) is 42.5 Å². The third-order valence-corrected chi connectivity index (χ3v) is 4.69. The number of ether oxygens (including phenoxy) is 2. The van der Waals surface area contributed by atoms with Crippen molar-refractivity contribution in [2.75, 3.05) is 31.6 Å². The average Bonchev–Trinajstić information content (AvgIpc) is 3.09. The first kappa shape index (κ1) is 21.1. The molecule has 0 spiro atoms. The number of hydrogen-bond donors (Lipinski definition) is 2. The van der Waals surface area contributed by atoms with Crippen molar-refractivity contribution in [1.29, 1.82) is 0 Å². The largest absolute Gasteiger partial charge is 0.489 e. The molecule has 2 N–H and O–H groups in total. The highest BCUT2D eigenvalue weighted by Gasteiger charge is 2.26. The third kappa shape index (κ3) is 6.44. The number of likely N-dealkylation sites (tertiary alicyclic amines) is 1. The van der Waals surface area contributed by atoms with Crippen molar-refractivity contribution >= 4 is 11.6 Å². The van der Waals surface area contributed by atoms with Crippen molar-refractivity contribution in [3.05, 3.63) is 53.8 Å². The molecule has 0 radical (unpaired) electrons. The van der Waals surface area contributed by atoms with E-state index < -0.39 is 6.10 Å². The second-order valence-electron chi connectivity index (χ2n) is 7.39. The first-order chi connectivity index (χ1) is 13.9. The molecule has 29 heavy (non-hydrogen) atoms. The molecule has 1 amide bonds. The molecule has 2 unspecified atom stereocenters. The molecule has 2 aromatic carbocycles. The summed E-state index contributed by atoms with van der Waals surface area (Å²) in [5.74, 6) is 0.713. The molecule has 1 heterocycles. The molecule has 3 rings (SSSR count). The molecule has 2 atom stereocenters. The van der Waals surface area contributed by atoms with Gasteiger partial charge in [-0.1, -0.05) is 6.07 Å². The number of hydrogen-bond acceptors (Lipinski definition) is 5. The zero-order valence-corrected chi connectivity index (χ0v) is 16.7. The molecule has 6 nitrogen and oxygen atoms in total. The lowest BCUT2D eigenvalue weighted by Crippen LogP contribution is -2.35. The first-order valence-corrected chi connectivity index (χ1v) is 9.73. The van der Waals surface area contributed by atoms with Gasteiger partial charge >= 0.3 is 0 Å². The number of anilines is 1. The molecular formula is C22H27FN2O4. The van der Waals surface area contributed by atoms with Crippen molar-refractivity contribution in [3.8, 4) is 11.5 Å². The Morgan fingerprint density at radius 1 is 1.31 bits per heavy atom. The first-order valence-electron chi connectivity index (χ1n) is 9.73. The van der Waals surface area contributed by atoms with Crippen LogP contribution in [0, 0.1) is 12.7 Å². The fourth-order valence-electron chi connectivity index (χ4n) is 3.36. The molecule has 0 saturated carbocycles. The van der Waals surface area contributed by atoms with Gasteiger partial charge < -0.3 is 19.9 Å². The predicted molar refractivity (Wildman–Crippen MR) is 109 cm³/mol. The summed E-state index contributed by atoms with van der Waals surface area (Å²) >= 11 is 0. The third-order valence-electron chi connectivity index (χ3n) is 4.69. The minimum Gasteiger partial charge on any atom is -0.489 e. The molecule has 0 bridgehead atoms. The Labute approximate surface area is 170 Å². The fraction of sp³-hybridized carbons (Fsp3) is 0.409. The number of nitrogens with one attached hydrogen (secondary N) is 1. The van der Waals surface area contributed by atoms with E-state index in [0.29, 0.717) is 30.3 Å². The van der Waals surface area contributed by atoms with Gasteiger partial charge in [-0.3, -0.25) is 9.69 Å². The van der Waals surface area contributed by atoms with Crippen molar-refractivity contribution in [2.45, 2.75) is 32.5 Å². The molecule has 7 heteroatoms. The summed E-state index contributed by atoms with van der Waals surface area (Å²) in [6.45, 7) is 5.46. The van der Waals surface area contributed by atoms with Crippen molar-refractivity contribution in [3.63, 3.8) is 0 Å². The van der Waals surface area contributed by atoms with Crippen LogP contribution in [0.5, 0.6) is 11.5 Å². The number of carbonyl (C=O) groups excluding carboxylic acids is 1. The van der Waals surface area contributed by atoms with Crippen molar-refractivity contribution < 1.29 is 23.8 Å². The van der Waals surface area contributed by atoms with E-state index >= 15 is 0 Å². The topological polar surface area (TPSA) is 71.0 Å². The van der Waals surface area contributed by atoms with E-state index in [9.17, 15) is 14.3 Å². The standard InChI is InChI=1S/C22H27FN2O4/c1-15-3-8-22(21(11-15)24-16(2)26)28-14-18(27)12-25-10-9-20(13-25)29-19-6-4-17(23)5-7-19/h3-8,11,18,20,27H,9-10,12-14H2,1-2H3,(H,24,26). The van der Waals surface area contributed by atoms with Gasteiger partial charge in [0.2, 0.25) is 5.91 Å². The predicted octanol–water partition coefficient (Wildman–Crippen LogP) is 2.99. The van der Waals surface area contributed by atoms with Gasteiger partial charge in [-0.25, -0.2) is 4.39 Å². The Morgan fingerprint density at radius 3 is 2.79 bits per heavy atom. The van der Waals surface area contributed by atoms with E-state index in [0.717, 1.165) is 18.5 Å². The van der Waals surface area contributed by atoms with Crippen LogP contribution in [-0.2, 0) is 4.79 Å². The number of aliphatic hydroxyl groups excluding tert-OH is 1. The smallest absolute Gasteiger partial charge is 0.221 e. The second-order valence-corrected chi connectivity index (χ2v) is 7.39.